The first-order valence-corrected chi connectivity index (χ1v) is 6.71. The molecule has 3 heterocycles. The van der Waals surface area contributed by atoms with Crippen LogP contribution in [0, 0.1) is 0 Å². The van der Waals surface area contributed by atoms with Crippen molar-refractivity contribution in [2.75, 3.05) is 25.6 Å². The molecule has 0 aromatic carbocycles. The van der Waals surface area contributed by atoms with Gasteiger partial charge < -0.3 is 29.9 Å². The summed E-state index contributed by atoms with van der Waals surface area (Å²) in [6.45, 7) is -0.438. The number of imidazole rings is 1. The average Bonchev–Trinajstić information content (AvgIpc) is 3.00. The van der Waals surface area contributed by atoms with Gasteiger partial charge in [0.2, 0.25) is 5.95 Å². The molecule has 1 aliphatic rings. The molecule has 0 amide bonds. The summed E-state index contributed by atoms with van der Waals surface area (Å²) in [7, 11) is 3.43. The Labute approximate surface area is 124 Å². The van der Waals surface area contributed by atoms with Crippen LogP contribution in [0.5, 0.6) is 0 Å². The summed E-state index contributed by atoms with van der Waals surface area (Å²) in [5.41, 5.74) is -0.0928. The Morgan fingerprint density at radius 1 is 1.41 bits per heavy atom. The smallest absolute Gasteiger partial charge is 0.278 e. The monoisotopic (exact) mass is 311 g/mol. The Bertz CT molecular complexity index is 741. The summed E-state index contributed by atoms with van der Waals surface area (Å²) in [5, 5.41) is 29.3. The maximum atomic E-state index is 11.9. The SMILES string of the molecule is CN(C)c1nc2c(=O)[nH]cnc2n1[C@@H]1O[C@@H](CO)[C@@H](O)[C@H]1O. The lowest BCUT2D eigenvalue weighted by molar-refractivity contribution is -0.0503. The number of aromatic nitrogens is 4. The van der Waals surface area contributed by atoms with Crippen molar-refractivity contribution in [1.29, 1.82) is 0 Å². The molecule has 4 N–H and O–H groups in total. The second-order valence-electron chi connectivity index (χ2n) is 5.31. The molecule has 22 heavy (non-hydrogen) atoms. The van der Waals surface area contributed by atoms with Crippen molar-refractivity contribution >= 4 is 17.1 Å². The Morgan fingerprint density at radius 2 is 2.14 bits per heavy atom. The van der Waals surface area contributed by atoms with Gasteiger partial charge in [-0.05, 0) is 0 Å². The van der Waals surface area contributed by atoms with Crippen LogP contribution in [0.25, 0.3) is 11.2 Å². The van der Waals surface area contributed by atoms with E-state index in [9.17, 15) is 20.1 Å². The number of aromatic amines is 1. The maximum Gasteiger partial charge on any atom is 0.278 e. The van der Waals surface area contributed by atoms with Gasteiger partial charge in [-0.15, -0.1) is 0 Å². The molecule has 0 spiro atoms. The zero-order valence-corrected chi connectivity index (χ0v) is 12.0. The molecule has 3 rings (SSSR count). The van der Waals surface area contributed by atoms with Gasteiger partial charge in [0.25, 0.3) is 5.56 Å². The summed E-state index contributed by atoms with van der Waals surface area (Å²) in [5.74, 6) is 0.342. The summed E-state index contributed by atoms with van der Waals surface area (Å²) < 4.78 is 6.95. The molecule has 1 saturated heterocycles. The Hall–Kier alpha value is -2.01. The van der Waals surface area contributed by atoms with E-state index in [0.717, 1.165) is 0 Å². The van der Waals surface area contributed by atoms with Crippen LogP contribution in [-0.2, 0) is 4.74 Å². The number of hydrogen-bond donors (Lipinski definition) is 4. The van der Waals surface area contributed by atoms with Gasteiger partial charge in [0, 0.05) is 14.1 Å². The molecule has 1 fully saturated rings. The van der Waals surface area contributed by atoms with Gasteiger partial charge in [0.1, 0.15) is 18.3 Å². The first-order chi connectivity index (χ1) is 10.5. The zero-order valence-electron chi connectivity index (χ0n) is 12.0. The molecule has 2 aromatic heterocycles. The van der Waals surface area contributed by atoms with E-state index >= 15 is 0 Å². The van der Waals surface area contributed by atoms with Crippen molar-refractivity contribution in [2.24, 2.45) is 0 Å². The molecule has 0 aliphatic carbocycles. The molecule has 4 atom stereocenters. The largest absolute Gasteiger partial charge is 0.394 e. The highest BCUT2D eigenvalue weighted by Crippen LogP contribution is 2.34. The highest BCUT2D eigenvalue weighted by molar-refractivity contribution is 5.73. The van der Waals surface area contributed by atoms with Crippen LogP contribution >= 0.6 is 0 Å². The van der Waals surface area contributed by atoms with E-state index in [1.165, 1.54) is 10.9 Å². The number of nitrogens with zero attached hydrogens (tertiary/aromatic N) is 4. The number of rotatable bonds is 3. The Morgan fingerprint density at radius 3 is 2.73 bits per heavy atom. The average molecular weight is 311 g/mol. The van der Waals surface area contributed by atoms with Gasteiger partial charge in [-0.2, -0.15) is 0 Å². The lowest BCUT2D eigenvalue weighted by Gasteiger charge is -2.21. The molecular formula is C12H17N5O5. The van der Waals surface area contributed by atoms with Crippen LogP contribution < -0.4 is 10.5 Å². The predicted octanol–water partition coefficient (Wildman–Crippen LogP) is -2.20. The quantitative estimate of drug-likeness (QED) is 0.501. The first kappa shape index (κ1) is 14.9. The fourth-order valence-corrected chi connectivity index (χ4v) is 2.55. The lowest BCUT2D eigenvalue weighted by Crippen LogP contribution is -2.33. The number of H-pyrrole nitrogens is 1. The van der Waals surface area contributed by atoms with Crippen molar-refractivity contribution in [3.05, 3.63) is 16.7 Å². The molecule has 0 bridgehead atoms. The maximum absolute atomic E-state index is 11.9. The number of nitrogens with one attached hydrogen (secondary N) is 1. The minimum absolute atomic E-state index is 0.101. The molecule has 0 unspecified atom stereocenters. The second kappa shape index (κ2) is 5.32. The lowest BCUT2D eigenvalue weighted by atomic mass is 10.1. The van der Waals surface area contributed by atoms with Crippen LogP contribution in [0.2, 0.25) is 0 Å². The fraction of sp³-hybridized carbons (Fsp3) is 0.583. The molecule has 10 nitrogen and oxygen atoms in total. The van der Waals surface area contributed by atoms with E-state index in [-0.39, 0.29) is 11.2 Å². The van der Waals surface area contributed by atoms with E-state index < -0.39 is 36.7 Å². The van der Waals surface area contributed by atoms with E-state index in [1.54, 1.807) is 19.0 Å². The third-order valence-corrected chi connectivity index (χ3v) is 3.64. The van der Waals surface area contributed by atoms with E-state index in [1.807, 2.05) is 0 Å². The molecule has 10 heteroatoms. The van der Waals surface area contributed by atoms with Crippen molar-refractivity contribution in [3.63, 3.8) is 0 Å². The standard InChI is InChI=1S/C12H17N5O5/c1-16(2)12-15-6-9(13-4-14-10(6)21)17(12)11-8(20)7(19)5(3-18)22-11/h4-5,7-8,11,18-20H,3H2,1-2H3,(H,13,14,21)/t5-,7+,8+,11+/m0/s1. The highest BCUT2D eigenvalue weighted by atomic mass is 16.6. The molecule has 120 valence electrons. The Balaban J connectivity index is 2.19. The molecule has 0 radical (unpaired) electrons. The van der Waals surface area contributed by atoms with Crippen LogP contribution in [0.3, 0.4) is 0 Å². The summed E-state index contributed by atoms with van der Waals surface area (Å²) in [4.78, 5) is 24.2. The van der Waals surface area contributed by atoms with Gasteiger partial charge in [-0.3, -0.25) is 9.36 Å². The molecule has 0 saturated carbocycles. The van der Waals surface area contributed by atoms with Crippen LogP contribution in [0.1, 0.15) is 6.23 Å². The number of aliphatic hydroxyl groups is 3. The number of aliphatic hydroxyl groups excluding tert-OH is 3. The van der Waals surface area contributed by atoms with Gasteiger partial charge in [0.15, 0.2) is 17.4 Å². The molecule has 1 aliphatic heterocycles. The van der Waals surface area contributed by atoms with Crippen molar-refractivity contribution in [1.82, 2.24) is 19.5 Å². The zero-order chi connectivity index (χ0) is 16.0. The normalized spacial score (nSPS) is 28.4. The third-order valence-electron chi connectivity index (χ3n) is 3.64. The highest BCUT2D eigenvalue weighted by Gasteiger charge is 2.45. The van der Waals surface area contributed by atoms with Crippen LogP contribution in [0.15, 0.2) is 11.1 Å². The summed E-state index contributed by atoms with van der Waals surface area (Å²) in [6, 6.07) is 0. The van der Waals surface area contributed by atoms with E-state index in [2.05, 4.69) is 15.0 Å². The number of ether oxygens (including phenoxy) is 1. The van der Waals surface area contributed by atoms with Gasteiger partial charge in [0.05, 0.1) is 12.9 Å². The van der Waals surface area contributed by atoms with Crippen LogP contribution in [0.4, 0.5) is 5.95 Å². The third kappa shape index (κ3) is 2.08. The topological polar surface area (TPSA) is 137 Å². The van der Waals surface area contributed by atoms with Crippen molar-refractivity contribution in [3.8, 4) is 0 Å². The van der Waals surface area contributed by atoms with E-state index in [4.69, 9.17) is 4.74 Å². The van der Waals surface area contributed by atoms with Crippen molar-refractivity contribution in [2.45, 2.75) is 24.5 Å². The molecule has 2 aromatic rings. The fourth-order valence-electron chi connectivity index (χ4n) is 2.55. The summed E-state index contributed by atoms with van der Waals surface area (Å²) >= 11 is 0. The van der Waals surface area contributed by atoms with E-state index in [0.29, 0.717) is 5.95 Å². The van der Waals surface area contributed by atoms with Gasteiger partial charge in [-0.25, -0.2) is 9.97 Å². The number of anilines is 1. The van der Waals surface area contributed by atoms with Crippen LogP contribution in [-0.4, -0.2) is 73.9 Å². The van der Waals surface area contributed by atoms with Gasteiger partial charge in [-0.1, -0.05) is 0 Å². The second-order valence-corrected chi connectivity index (χ2v) is 5.31. The first-order valence-electron chi connectivity index (χ1n) is 6.71. The number of fused-ring (bicyclic) bond motifs is 1. The molecular weight excluding hydrogens is 294 g/mol. The minimum Gasteiger partial charge on any atom is -0.394 e. The summed E-state index contributed by atoms with van der Waals surface area (Å²) in [6.07, 6.45) is -3.24. The van der Waals surface area contributed by atoms with Gasteiger partial charge >= 0.3 is 0 Å². The Kier molecular flexibility index (Phi) is 3.60. The minimum atomic E-state index is -1.28. The predicted molar refractivity (Wildman–Crippen MR) is 75.5 cm³/mol. The number of hydrogen-bond acceptors (Lipinski definition) is 8. The van der Waals surface area contributed by atoms with Crippen molar-refractivity contribution < 1.29 is 20.1 Å².